The van der Waals surface area contributed by atoms with E-state index in [2.05, 4.69) is 5.32 Å². The van der Waals surface area contributed by atoms with E-state index in [1.54, 1.807) is 4.90 Å². The van der Waals surface area contributed by atoms with Gasteiger partial charge >= 0.3 is 0 Å². The summed E-state index contributed by atoms with van der Waals surface area (Å²) in [6, 6.07) is 17.8. The fraction of sp³-hybridized carbons (Fsp3) is 0.269. The number of carbonyl (C=O) groups is 2. The second-order valence-electron chi connectivity index (χ2n) is 7.86. The van der Waals surface area contributed by atoms with E-state index in [1.165, 1.54) is 11.8 Å². The number of allylic oxidation sites excluding steroid dienone is 2. The van der Waals surface area contributed by atoms with Gasteiger partial charge in [0.2, 0.25) is 5.91 Å². The van der Waals surface area contributed by atoms with E-state index >= 15 is 0 Å². The van der Waals surface area contributed by atoms with Crippen LogP contribution in [0.1, 0.15) is 43.7 Å². The minimum Gasteiger partial charge on any atom is -0.326 e. The number of aryl methyl sites for hydroxylation is 1. The van der Waals surface area contributed by atoms with Crippen LogP contribution >= 0.6 is 24.0 Å². The summed E-state index contributed by atoms with van der Waals surface area (Å²) >= 11 is 6.78. The largest absolute Gasteiger partial charge is 0.326 e. The fourth-order valence-electron chi connectivity index (χ4n) is 3.35. The maximum absolute atomic E-state index is 12.8. The van der Waals surface area contributed by atoms with Crippen LogP contribution in [0.4, 0.5) is 5.69 Å². The Kier molecular flexibility index (Phi) is 8.82. The zero-order valence-corrected chi connectivity index (χ0v) is 20.1. The summed E-state index contributed by atoms with van der Waals surface area (Å²) in [5.41, 5.74) is 4.09. The van der Waals surface area contributed by atoms with Gasteiger partial charge in [0.1, 0.15) is 4.32 Å². The third-order valence-corrected chi connectivity index (χ3v) is 6.42. The Hall–Kier alpha value is -2.70. The highest BCUT2D eigenvalue weighted by atomic mass is 32.2. The van der Waals surface area contributed by atoms with Crippen molar-refractivity contribution >= 4 is 51.9 Å². The van der Waals surface area contributed by atoms with Crippen LogP contribution in [0, 0.1) is 6.92 Å². The molecule has 0 aromatic heterocycles. The Morgan fingerprint density at radius 3 is 2.50 bits per heavy atom. The number of anilines is 1. The second kappa shape index (κ2) is 11.8. The zero-order valence-electron chi connectivity index (χ0n) is 18.5. The molecule has 4 nitrogen and oxygen atoms in total. The normalized spacial score (nSPS) is 15.5. The average Bonchev–Trinajstić information content (AvgIpc) is 3.03. The number of hydrogen-bond acceptors (Lipinski definition) is 4. The number of hydrogen-bond donors (Lipinski definition) is 1. The van der Waals surface area contributed by atoms with Gasteiger partial charge in [0, 0.05) is 18.7 Å². The van der Waals surface area contributed by atoms with Gasteiger partial charge in [-0.25, -0.2) is 0 Å². The molecule has 2 aromatic rings. The molecule has 0 radical (unpaired) electrons. The maximum Gasteiger partial charge on any atom is 0.266 e. The van der Waals surface area contributed by atoms with Gasteiger partial charge in [0.25, 0.3) is 5.91 Å². The molecule has 32 heavy (non-hydrogen) atoms. The monoisotopic (exact) mass is 464 g/mol. The predicted octanol–water partition coefficient (Wildman–Crippen LogP) is 6.34. The molecule has 0 saturated carbocycles. The molecule has 1 aliphatic rings. The van der Waals surface area contributed by atoms with Crippen molar-refractivity contribution in [1.29, 1.82) is 0 Å². The molecule has 1 aliphatic heterocycles. The lowest BCUT2D eigenvalue weighted by atomic mass is 10.1. The van der Waals surface area contributed by atoms with E-state index in [-0.39, 0.29) is 11.8 Å². The van der Waals surface area contributed by atoms with Crippen LogP contribution < -0.4 is 5.32 Å². The molecule has 166 valence electrons. The lowest BCUT2D eigenvalue weighted by Gasteiger charge is -2.14. The topological polar surface area (TPSA) is 49.4 Å². The Labute approximate surface area is 199 Å². The third-order valence-electron chi connectivity index (χ3n) is 5.05. The number of nitrogens with one attached hydrogen (secondary N) is 1. The molecule has 0 spiro atoms. The summed E-state index contributed by atoms with van der Waals surface area (Å²) < 4.78 is 0.603. The smallest absolute Gasteiger partial charge is 0.266 e. The molecule has 0 aliphatic carbocycles. The number of benzene rings is 2. The van der Waals surface area contributed by atoms with Crippen molar-refractivity contribution in [2.24, 2.45) is 0 Å². The first-order chi connectivity index (χ1) is 15.4. The molecule has 1 N–H and O–H groups in total. The van der Waals surface area contributed by atoms with E-state index in [0.29, 0.717) is 22.2 Å². The minimum absolute atomic E-state index is 0.0167. The van der Waals surface area contributed by atoms with E-state index in [1.807, 2.05) is 80.6 Å². The zero-order chi connectivity index (χ0) is 22.9. The predicted molar refractivity (Wildman–Crippen MR) is 138 cm³/mol. The Balaban J connectivity index is 1.42. The fourth-order valence-corrected chi connectivity index (χ4v) is 4.70. The molecule has 2 amide bonds. The van der Waals surface area contributed by atoms with Crippen LogP contribution in [0.25, 0.3) is 6.08 Å². The number of thiocarbonyl (C=S) groups is 1. The van der Waals surface area contributed by atoms with Gasteiger partial charge in [-0.05, 0) is 56.0 Å². The van der Waals surface area contributed by atoms with Gasteiger partial charge in [0.05, 0.1) is 4.91 Å². The Morgan fingerprint density at radius 1 is 1.06 bits per heavy atom. The molecule has 2 aromatic carbocycles. The van der Waals surface area contributed by atoms with E-state index in [4.69, 9.17) is 12.2 Å². The number of amides is 2. The Bertz CT molecular complexity index is 1030. The quantitative estimate of drug-likeness (QED) is 0.267. The van der Waals surface area contributed by atoms with Gasteiger partial charge in [-0.1, -0.05) is 84.5 Å². The van der Waals surface area contributed by atoms with Gasteiger partial charge in [0.15, 0.2) is 0 Å². The number of carbonyl (C=O) groups excluding carboxylic acids is 2. The molecule has 0 atom stereocenters. The summed E-state index contributed by atoms with van der Waals surface area (Å²) in [4.78, 5) is 27.2. The first kappa shape index (κ1) is 24.0. The molecule has 6 heteroatoms. The van der Waals surface area contributed by atoms with E-state index in [0.717, 1.165) is 41.6 Å². The van der Waals surface area contributed by atoms with E-state index < -0.39 is 0 Å². The van der Waals surface area contributed by atoms with Gasteiger partial charge in [-0.2, -0.15) is 0 Å². The highest BCUT2D eigenvalue weighted by molar-refractivity contribution is 8.26. The summed E-state index contributed by atoms with van der Waals surface area (Å²) in [6.45, 7) is 4.59. The van der Waals surface area contributed by atoms with Crippen molar-refractivity contribution in [1.82, 2.24) is 4.90 Å². The van der Waals surface area contributed by atoms with Crippen molar-refractivity contribution < 1.29 is 9.59 Å². The van der Waals surface area contributed by atoms with Crippen LogP contribution in [-0.4, -0.2) is 27.6 Å². The van der Waals surface area contributed by atoms with Crippen molar-refractivity contribution in [3.63, 3.8) is 0 Å². The first-order valence-electron chi connectivity index (χ1n) is 10.8. The lowest BCUT2D eigenvalue weighted by Crippen LogP contribution is -2.29. The highest BCUT2D eigenvalue weighted by Crippen LogP contribution is 2.32. The van der Waals surface area contributed by atoms with Crippen molar-refractivity contribution in [3.05, 3.63) is 82.3 Å². The number of unbranched alkanes of at least 4 members (excludes halogenated alkanes) is 2. The van der Waals surface area contributed by atoms with Crippen molar-refractivity contribution in [3.8, 4) is 0 Å². The van der Waals surface area contributed by atoms with E-state index in [9.17, 15) is 9.59 Å². The van der Waals surface area contributed by atoms with Crippen molar-refractivity contribution in [2.45, 2.75) is 39.5 Å². The maximum atomic E-state index is 12.8. The molecule has 3 rings (SSSR count). The number of nitrogens with zero attached hydrogens (tertiary/aromatic N) is 1. The van der Waals surface area contributed by atoms with Crippen LogP contribution in [0.15, 0.2) is 71.2 Å². The summed E-state index contributed by atoms with van der Waals surface area (Å²) in [6.07, 6.45) is 6.88. The number of rotatable bonds is 9. The SMILES string of the molecule is CC(/C=C1\SC(=S)N(CCCCCC(=O)Nc2ccc(C)cc2)C1=O)=C\c1ccccc1. The van der Waals surface area contributed by atoms with Crippen LogP contribution in [-0.2, 0) is 9.59 Å². The van der Waals surface area contributed by atoms with Gasteiger partial charge < -0.3 is 5.32 Å². The molecule has 1 saturated heterocycles. The Morgan fingerprint density at radius 2 is 1.78 bits per heavy atom. The lowest BCUT2D eigenvalue weighted by molar-refractivity contribution is -0.122. The van der Waals surface area contributed by atoms with Gasteiger partial charge in [-0.15, -0.1) is 0 Å². The molecular weight excluding hydrogens is 436 g/mol. The molecule has 0 bridgehead atoms. The van der Waals surface area contributed by atoms with Gasteiger partial charge in [-0.3, -0.25) is 14.5 Å². The first-order valence-corrected chi connectivity index (χ1v) is 12.0. The third kappa shape index (κ3) is 7.18. The summed E-state index contributed by atoms with van der Waals surface area (Å²) in [5, 5.41) is 2.92. The molecular formula is C26H28N2O2S2. The van der Waals surface area contributed by atoms with Crippen molar-refractivity contribution in [2.75, 3.05) is 11.9 Å². The van der Waals surface area contributed by atoms with Crippen LogP contribution in [0.2, 0.25) is 0 Å². The average molecular weight is 465 g/mol. The highest BCUT2D eigenvalue weighted by Gasteiger charge is 2.31. The minimum atomic E-state index is -0.0297. The number of thioether (sulfide) groups is 1. The summed E-state index contributed by atoms with van der Waals surface area (Å²) in [5.74, 6) is -0.0130. The second-order valence-corrected chi connectivity index (χ2v) is 9.53. The molecule has 1 fully saturated rings. The van der Waals surface area contributed by atoms with Crippen LogP contribution in [0.5, 0.6) is 0 Å². The van der Waals surface area contributed by atoms with Crippen LogP contribution in [0.3, 0.4) is 0 Å². The molecule has 0 unspecified atom stereocenters. The molecule has 1 heterocycles. The standard InChI is InChI=1S/C26H28N2O2S2/c1-19-12-14-22(15-13-19)27-24(29)11-7-4-8-16-28-25(30)23(32-26(28)31)18-20(2)17-21-9-5-3-6-10-21/h3,5-6,9-10,12-15,17-18H,4,7-8,11,16H2,1-2H3,(H,27,29)/b20-17+,23-18-. The summed E-state index contributed by atoms with van der Waals surface area (Å²) in [7, 11) is 0.